The second-order valence-electron chi connectivity index (χ2n) is 6.94. The molecule has 26 heavy (non-hydrogen) atoms. The quantitative estimate of drug-likeness (QED) is 0.691. The molecule has 0 bridgehead atoms. The van der Waals surface area contributed by atoms with E-state index in [2.05, 4.69) is 10.6 Å². The molecule has 0 heterocycles. The highest BCUT2D eigenvalue weighted by Gasteiger charge is 2.21. The first kappa shape index (κ1) is 21.5. The Kier molecular flexibility index (Phi) is 8.61. The maximum atomic E-state index is 11.8. The Morgan fingerprint density at radius 3 is 2.31 bits per heavy atom. The molecule has 0 radical (unpaired) electrons. The SMILES string of the molecule is CC(=O)[C@@H](CCCNC(=O)OCc1ccccc1)NC(=O)OC(C)(C)C. The van der Waals surface area contributed by atoms with Gasteiger partial charge in [0.1, 0.15) is 12.2 Å². The number of hydrogen-bond acceptors (Lipinski definition) is 5. The van der Waals surface area contributed by atoms with Crippen molar-refractivity contribution in [3.63, 3.8) is 0 Å². The molecule has 1 aromatic rings. The van der Waals surface area contributed by atoms with Crippen molar-refractivity contribution < 1.29 is 23.9 Å². The third kappa shape index (κ3) is 9.66. The Hall–Kier alpha value is -2.57. The number of carbonyl (C=O) groups excluding carboxylic acids is 3. The molecule has 0 spiro atoms. The number of amides is 2. The molecular weight excluding hydrogens is 336 g/mol. The molecular formula is C19H28N2O5. The molecule has 0 unspecified atom stereocenters. The first-order chi connectivity index (χ1) is 12.2. The van der Waals surface area contributed by atoms with Crippen molar-refractivity contribution in [1.29, 1.82) is 0 Å². The molecule has 1 rings (SSSR count). The summed E-state index contributed by atoms with van der Waals surface area (Å²) in [4.78, 5) is 35.0. The van der Waals surface area contributed by atoms with E-state index in [4.69, 9.17) is 9.47 Å². The lowest BCUT2D eigenvalue weighted by atomic mass is 10.1. The van der Waals surface area contributed by atoms with E-state index in [1.165, 1.54) is 6.92 Å². The van der Waals surface area contributed by atoms with E-state index in [0.29, 0.717) is 19.4 Å². The molecule has 1 aromatic carbocycles. The first-order valence-corrected chi connectivity index (χ1v) is 8.62. The van der Waals surface area contributed by atoms with Crippen LogP contribution in [0.3, 0.4) is 0 Å². The Morgan fingerprint density at radius 2 is 1.73 bits per heavy atom. The van der Waals surface area contributed by atoms with Gasteiger partial charge in [-0.25, -0.2) is 9.59 Å². The largest absolute Gasteiger partial charge is 0.445 e. The van der Waals surface area contributed by atoms with Crippen molar-refractivity contribution in [3.8, 4) is 0 Å². The number of ketones is 1. The van der Waals surface area contributed by atoms with Gasteiger partial charge in [0, 0.05) is 6.54 Å². The van der Waals surface area contributed by atoms with Crippen LogP contribution in [0.2, 0.25) is 0 Å². The number of ether oxygens (including phenoxy) is 2. The smallest absolute Gasteiger partial charge is 0.408 e. The number of nitrogens with one attached hydrogen (secondary N) is 2. The highest BCUT2D eigenvalue weighted by atomic mass is 16.6. The lowest BCUT2D eigenvalue weighted by molar-refractivity contribution is -0.119. The van der Waals surface area contributed by atoms with Crippen LogP contribution < -0.4 is 10.6 Å². The monoisotopic (exact) mass is 364 g/mol. The minimum atomic E-state index is -0.646. The molecule has 0 saturated carbocycles. The summed E-state index contributed by atoms with van der Waals surface area (Å²) in [6.45, 7) is 7.20. The third-order valence-electron chi connectivity index (χ3n) is 3.33. The van der Waals surface area contributed by atoms with Crippen LogP contribution in [0, 0.1) is 0 Å². The third-order valence-corrected chi connectivity index (χ3v) is 3.33. The zero-order valence-corrected chi connectivity index (χ0v) is 15.8. The topological polar surface area (TPSA) is 93.7 Å². The van der Waals surface area contributed by atoms with Crippen molar-refractivity contribution in [2.45, 2.75) is 58.8 Å². The molecule has 0 saturated heterocycles. The maximum absolute atomic E-state index is 11.8. The molecule has 0 fully saturated rings. The lowest BCUT2D eigenvalue weighted by Gasteiger charge is -2.22. The van der Waals surface area contributed by atoms with E-state index in [9.17, 15) is 14.4 Å². The van der Waals surface area contributed by atoms with E-state index >= 15 is 0 Å². The minimum Gasteiger partial charge on any atom is -0.445 e. The van der Waals surface area contributed by atoms with Gasteiger partial charge in [0.2, 0.25) is 0 Å². The van der Waals surface area contributed by atoms with E-state index in [0.717, 1.165) is 5.56 Å². The molecule has 144 valence electrons. The molecule has 7 nitrogen and oxygen atoms in total. The number of rotatable bonds is 8. The second kappa shape index (κ2) is 10.4. The number of benzene rings is 1. The van der Waals surface area contributed by atoms with Crippen LogP contribution in [0.25, 0.3) is 0 Å². The lowest BCUT2D eigenvalue weighted by Crippen LogP contribution is -2.43. The van der Waals surface area contributed by atoms with Crippen LogP contribution in [0.1, 0.15) is 46.1 Å². The molecule has 0 aliphatic rings. The Morgan fingerprint density at radius 1 is 1.08 bits per heavy atom. The van der Waals surface area contributed by atoms with Crippen LogP contribution in [0.4, 0.5) is 9.59 Å². The van der Waals surface area contributed by atoms with Gasteiger partial charge in [-0.3, -0.25) is 4.79 Å². The molecule has 0 aliphatic carbocycles. The van der Waals surface area contributed by atoms with Gasteiger partial charge in [0.15, 0.2) is 5.78 Å². The summed E-state index contributed by atoms with van der Waals surface area (Å²) in [5.74, 6) is -0.164. The fourth-order valence-electron chi connectivity index (χ4n) is 2.10. The summed E-state index contributed by atoms with van der Waals surface area (Å²) in [6.07, 6.45) is -0.241. The van der Waals surface area contributed by atoms with Gasteiger partial charge in [0.25, 0.3) is 0 Å². The highest BCUT2D eigenvalue weighted by Crippen LogP contribution is 2.08. The molecule has 2 N–H and O–H groups in total. The summed E-state index contributed by atoms with van der Waals surface area (Å²) < 4.78 is 10.2. The van der Waals surface area contributed by atoms with Crippen molar-refractivity contribution >= 4 is 18.0 Å². The highest BCUT2D eigenvalue weighted by molar-refractivity contribution is 5.85. The molecule has 0 aliphatic heterocycles. The Bertz CT molecular complexity index is 596. The van der Waals surface area contributed by atoms with E-state index < -0.39 is 23.8 Å². The van der Waals surface area contributed by atoms with Crippen molar-refractivity contribution in [2.75, 3.05) is 6.54 Å². The number of alkyl carbamates (subject to hydrolysis) is 2. The predicted octanol–water partition coefficient (Wildman–Crippen LogP) is 3.18. The van der Waals surface area contributed by atoms with Crippen LogP contribution in [-0.4, -0.2) is 36.2 Å². The van der Waals surface area contributed by atoms with Gasteiger partial charge in [-0.15, -0.1) is 0 Å². The molecule has 0 aromatic heterocycles. The zero-order valence-electron chi connectivity index (χ0n) is 15.8. The summed E-state index contributed by atoms with van der Waals surface area (Å²) in [7, 11) is 0. The Balaban J connectivity index is 2.26. The maximum Gasteiger partial charge on any atom is 0.408 e. The summed E-state index contributed by atoms with van der Waals surface area (Å²) >= 11 is 0. The summed E-state index contributed by atoms with van der Waals surface area (Å²) in [5, 5.41) is 5.18. The van der Waals surface area contributed by atoms with Gasteiger partial charge >= 0.3 is 12.2 Å². The fraction of sp³-hybridized carbons (Fsp3) is 0.526. The van der Waals surface area contributed by atoms with Crippen molar-refractivity contribution in [3.05, 3.63) is 35.9 Å². The van der Waals surface area contributed by atoms with Crippen molar-refractivity contribution in [1.82, 2.24) is 10.6 Å². The van der Waals surface area contributed by atoms with Crippen LogP contribution in [0.15, 0.2) is 30.3 Å². The number of Topliss-reactive ketones (excluding diaryl/α,β-unsaturated/α-hetero) is 1. The summed E-state index contributed by atoms with van der Waals surface area (Å²) in [6, 6.07) is 8.72. The van der Waals surface area contributed by atoms with Gasteiger partial charge < -0.3 is 20.1 Å². The van der Waals surface area contributed by atoms with E-state index in [1.807, 2.05) is 30.3 Å². The van der Waals surface area contributed by atoms with Crippen LogP contribution >= 0.6 is 0 Å². The molecule has 2 amide bonds. The minimum absolute atomic E-state index is 0.164. The standard InChI is InChI=1S/C19H28N2O5/c1-14(22)16(21-18(24)26-19(2,3)4)11-8-12-20-17(23)25-13-15-9-6-5-7-10-15/h5-7,9-10,16H,8,11-13H2,1-4H3,(H,20,23)(H,21,24)/t16-/m1/s1. The average Bonchev–Trinajstić information content (AvgIpc) is 2.54. The fourth-order valence-corrected chi connectivity index (χ4v) is 2.10. The average molecular weight is 364 g/mol. The van der Waals surface area contributed by atoms with Gasteiger partial charge in [0.05, 0.1) is 6.04 Å². The summed E-state index contributed by atoms with van der Waals surface area (Å²) in [5.41, 5.74) is 0.274. The predicted molar refractivity (Wildman–Crippen MR) is 97.7 cm³/mol. The van der Waals surface area contributed by atoms with Crippen LogP contribution in [0.5, 0.6) is 0 Å². The van der Waals surface area contributed by atoms with E-state index in [-0.39, 0.29) is 12.4 Å². The number of hydrogen-bond donors (Lipinski definition) is 2. The first-order valence-electron chi connectivity index (χ1n) is 8.62. The second-order valence-corrected chi connectivity index (χ2v) is 6.94. The van der Waals surface area contributed by atoms with Gasteiger partial charge in [-0.1, -0.05) is 30.3 Å². The zero-order chi connectivity index (χ0) is 19.6. The van der Waals surface area contributed by atoms with Crippen LogP contribution in [-0.2, 0) is 20.9 Å². The number of carbonyl (C=O) groups is 3. The van der Waals surface area contributed by atoms with Gasteiger partial charge in [-0.2, -0.15) is 0 Å². The van der Waals surface area contributed by atoms with Crippen molar-refractivity contribution in [2.24, 2.45) is 0 Å². The Labute approximate surface area is 154 Å². The normalized spacial score (nSPS) is 12.0. The van der Waals surface area contributed by atoms with E-state index in [1.54, 1.807) is 20.8 Å². The van der Waals surface area contributed by atoms with Gasteiger partial charge in [-0.05, 0) is 46.1 Å². The molecule has 1 atom stereocenters. The molecule has 7 heteroatoms.